The number of aliphatic imine (C=N–C) groups is 1. The van der Waals surface area contributed by atoms with Crippen LogP contribution in [0.15, 0.2) is 29.3 Å². The molecule has 0 aliphatic carbocycles. The van der Waals surface area contributed by atoms with Crippen molar-refractivity contribution in [2.24, 2.45) is 4.99 Å². The van der Waals surface area contributed by atoms with Crippen LogP contribution in [0.4, 0.5) is 26.3 Å². The highest BCUT2D eigenvalue weighted by atomic mass is 19.3. The van der Waals surface area contributed by atoms with E-state index in [0.717, 1.165) is 19.2 Å². The Hall–Kier alpha value is -1.73. The second-order valence-electron chi connectivity index (χ2n) is 3.80. The largest absolute Gasteiger partial charge is 0.497 e. The summed E-state index contributed by atoms with van der Waals surface area (Å²) in [6, 6.07) is 4.54. The highest BCUT2D eigenvalue weighted by Gasteiger charge is 2.65. The van der Waals surface area contributed by atoms with Crippen molar-refractivity contribution in [1.29, 1.82) is 0 Å². The maximum Gasteiger partial charge on any atom is 0.375 e. The molecule has 0 spiro atoms. The lowest BCUT2D eigenvalue weighted by Crippen LogP contribution is -2.52. The zero-order valence-electron chi connectivity index (χ0n) is 10.5. The molecule has 112 valence electrons. The van der Waals surface area contributed by atoms with E-state index in [9.17, 15) is 26.3 Å². The summed E-state index contributed by atoms with van der Waals surface area (Å²) in [6.07, 6.45) is -4.51. The molecule has 0 radical (unpaired) electrons. The van der Waals surface area contributed by atoms with Gasteiger partial charge in [0.15, 0.2) is 0 Å². The molecule has 1 aromatic carbocycles. The Balaban J connectivity index is 3.25. The van der Waals surface area contributed by atoms with Crippen LogP contribution in [0.3, 0.4) is 0 Å². The lowest BCUT2D eigenvalue weighted by atomic mass is 9.99. The van der Waals surface area contributed by atoms with Crippen LogP contribution in [-0.2, 0) is 0 Å². The van der Waals surface area contributed by atoms with Crippen molar-refractivity contribution >= 4 is 5.71 Å². The van der Waals surface area contributed by atoms with Gasteiger partial charge in [-0.1, -0.05) is 0 Å². The van der Waals surface area contributed by atoms with Crippen LogP contribution in [-0.4, -0.2) is 38.1 Å². The van der Waals surface area contributed by atoms with E-state index in [0.29, 0.717) is 5.75 Å². The molecule has 0 fully saturated rings. The molecule has 1 aromatic rings. The lowest BCUT2D eigenvalue weighted by Gasteiger charge is -2.27. The first-order valence-electron chi connectivity index (χ1n) is 5.34. The molecule has 20 heavy (non-hydrogen) atoms. The summed E-state index contributed by atoms with van der Waals surface area (Å²) in [7, 11) is 2.15. The highest BCUT2D eigenvalue weighted by Crippen LogP contribution is 2.41. The second kappa shape index (κ2) is 5.72. The standard InChI is InChI=1S/C12H11F6NO/c1-19-9(7-3-5-8(20-2)6-4-7)11(15,16)12(17,18)10(13)14/h3-6,10H,1-2H3. The normalized spacial score (nSPS) is 13.8. The van der Waals surface area contributed by atoms with Gasteiger partial charge in [-0.15, -0.1) is 0 Å². The number of ether oxygens (including phenoxy) is 1. The Morgan fingerprint density at radius 3 is 1.95 bits per heavy atom. The van der Waals surface area contributed by atoms with E-state index in [1.165, 1.54) is 19.2 Å². The van der Waals surface area contributed by atoms with Crippen molar-refractivity contribution in [3.05, 3.63) is 29.8 Å². The van der Waals surface area contributed by atoms with Crippen LogP contribution < -0.4 is 4.74 Å². The van der Waals surface area contributed by atoms with Gasteiger partial charge in [0.05, 0.1) is 7.11 Å². The minimum Gasteiger partial charge on any atom is -0.497 e. The average Bonchev–Trinajstić information content (AvgIpc) is 2.39. The quantitative estimate of drug-likeness (QED) is 0.601. The predicted molar refractivity (Wildman–Crippen MR) is 61.4 cm³/mol. The van der Waals surface area contributed by atoms with Crippen LogP contribution in [0.1, 0.15) is 5.56 Å². The van der Waals surface area contributed by atoms with Crippen LogP contribution in [0, 0.1) is 0 Å². The van der Waals surface area contributed by atoms with Gasteiger partial charge in [0.25, 0.3) is 0 Å². The minimum absolute atomic E-state index is 0.299. The fourth-order valence-electron chi connectivity index (χ4n) is 1.49. The summed E-state index contributed by atoms with van der Waals surface area (Å²) in [5, 5.41) is 0. The monoisotopic (exact) mass is 299 g/mol. The predicted octanol–water partition coefficient (Wildman–Crippen LogP) is 3.65. The molecule has 0 aromatic heterocycles. The van der Waals surface area contributed by atoms with Gasteiger partial charge in [-0.25, -0.2) is 8.78 Å². The molecule has 0 bridgehead atoms. The van der Waals surface area contributed by atoms with Crippen molar-refractivity contribution < 1.29 is 31.1 Å². The van der Waals surface area contributed by atoms with Crippen LogP contribution in [0.5, 0.6) is 5.75 Å². The molecule has 0 amide bonds. The fourth-order valence-corrected chi connectivity index (χ4v) is 1.49. The minimum atomic E-state index is -5.51. The van der Waals surface area contributed by atoms with Gasteiger partial charge < -0.3 is 4.74 Å². The number of nitrogens with zero attached hydrogens (tertiary/aromatic N) is 1. The van der Waals surface area contributed by atoms with E-state index in [1.54, 1.807) is 0 Å². The first-order valence-corrected chi connectivity index (χ1v) is 5.34. The van der Waals surface area contributed by atoms with Gasteiger partial charge in [0.1, 0.15) is 11.5 Å². The maximum atomic E-state index is 13.6. The summed E-state index contributed by atoms with van der Waals surface area (Å²) < 4.78 is 82.2. The van der Waals surface area contributed by atoms with Gasteiger partial charge >= 0.3 is 18.3 Å². The van der Waals surface area contributed by atoms with E-state index >= 15 is 0 Å². The van der Waals surface area contributed by atoms with Crippen LogP contribution in [0.25, 0.3) is 0 Å². The first kappa shape index (κ1) is 16.3. The molecular formula is C12H11F6NO. The summed E-state index contributed by atoms with van der Waals surface area (Å²) in [4.78, 5) is 3.05. The number of hydrogen-bond donors (Lipinski definition) is 0. The smallest absolute Gasteiger partial charge is 0.375 e. The third-order valence-corrected chi connectivity index (χ3v) is 2.58. The van der Waals surface area contributed by atoms with Gasteiger partial charge in [-0.05, 0) is 24.3 Å². The van der Waals surface area contributed by atoms with E-state index in [1.807, 2.05) is 0 Å². The van der Waals surface area contributed by atoms with Crippen molar-refractivity contribution in [2.75, 3.05) is 14.2 Å². The summed E-state index contributed by atoms with van der Waals surface area (Å²) in [6.45, 7) is 0. The van der Waals surface area contributed by atoms with E-state index in [2.05, 4.69) is 4.99 Å². The van der Waals surface area contributed by atoms with Crippen molar-refractivity contribution in [3.63, 3.8) is 0 Å². The molecule has 2 nitrogen and oxygen atoms in total. The summed E-state index contributed by atoms with van der Waals surface area (Å²) >= 11 is 0. The number of halogens is 6. The third-order valence-electron chi connectivity index (χ3n) is 2.58. The van der Waals surface area contributed by atoms with Gasteiger partial charge in [0.2, 0.25) is 0 Å². The molecule has 8 heteroatoms. The van der Waals surface area contributed by atoms with Crippen molar-refractivity contribution in [3.8, 4) is 5.75 Å². The molecule has 0 aliphatic rings. The number of alkyl halides is 6. The summed E-state index contributed by atoms with van der Waals surface area (Å²) in [5.74, 6) is -10.3. The Morgan fingerprint density at radius 1 is 1.10 bits per heavy atom. The Bertz CT molecular complexity index is 483. The molecule has 0 aliphatic heterocycles. The molecule has 0 saturated heterocycles. The highest BCUT2D eigenvalue weighted by molar-refractivity contribution is 6.06. The lowest BCUT2D eigenvalue weighted by molar-refractivity contribution is -0.232. The molecule has 0 heterocycles. The van der Waals surface area contributed by atoms with E-state index < -0.39 is 29.5 Å². The van der Waals surface area contributed by atoms with Gasteiger partial charge in [-0.3, -0.25) is 4.99 Å². The molecular weight excluding hydrogens is 288 g/mol. The number of hydrogen-bond acceptors (Lipinski definition) is 2. The second-order valence-corrected chi connectivity index (χ2v) is 3.80. The average molecular weight is 299 g/mol. The first-order chi connectivity index (χ1) is 9.18. The topological polar surface area (TPSA) is 21.6 Å². The Labute approximate surface area is 111 Å². The number of rotatable bonds is 5. The zero-order valence-corrected chi connectivity index (χ0v) is 10.5. The Morgan fingerprint density at radius 2 is 1.60 bits per heavy atom. The Kier molecular flexibility index (Phi) is 4.67. The zero-order chi connectivity index (χ0) is 15.6. The molecule has 1 rings (SSSR count). The number of benzene rings is 1. The van der Waals surface area contributed by atoms with E-state index in [-0.39, 0.29) is 0 Å². The van der Waals surface area contributed by atoms with Crippen molar-refractivity contribution in [2.45, 2.75) is 18.3 Å². The van der Waals surface area contributed by atoms with E-state index in [4.69, 9.17) is 4.74 Å². The van der Waals surface area contributed by atoms with Gasteiger partial charge in [0, 0.05) is 12.6 Å². The van der Waals surface area contributed by atoms with Crippen molar-refractivity contribution in [1.82, 2.24) is 0 Å². The molecule has 0 saturated carbocycles. The molecule has 0 N–H and O–H groups in total. The fraction of sp³-hybridized carbons (Fsp3) is 0.417. The van der Waals surface area contributed by atoms with Gasteiger partial charge in [-0.2, -0.15) is 17.6 Å². The maximum absolute atomic E-state index is 13.6. The van der Waals surface area contributed by atoms with Crippen LogP contribution in [0.2, 0.25) is 0 Å². The number of methoxy groups -OCH3 is 1. The summed E-state index contributed by atoms with van der Waals surface area (Å²) in [5.41, 5.74) is -1.80. The molecule has 0 atom stereocenters. The molecule has 0 unspecified atom stereocenters. The third kappa shape index (κ3) is 2.73. The SMILES string of the molecule is CN=C(c1ccc(OC)cc1)C(F)(F)C(F)(F)C(F)F. The van der Waals surface area contributed by atoms with Crippen LogP contribution >= 0.6 is 0 Å².